The van der Waals surface area contributed by atoms with E-state index in [2.05, 4.69) is 20.8 Å². The first kappa shape index (κ1) is 14.9. The maximum atomic E-state index is 11.5. The predicted molar refractivity (Wildman–Crippen MR) is 67.6 cm³/mol. The van der Waals surface area contributed by atoms with Gasteiger partial charge in [0.15, 0.2) is 0 Å². The molecule has 0 saturated carbocycles. The molecule has 1 heterocycles. The van der Waals surface area contributed by atoms with Gasteiger partial charge in [-0.3, -0.25) is 0 Å². The Hall–Kier alpha value is -2.12. The van der Waals surface area contributed by atoms with Crippen LogP contribution in [0.3, 0.4) is 0 Å². The second kappa shape index (κ2) is 7.34. The third kappa shape index (κ3) is 4.94. The zero-order valence-electron chi connectivity index (χ0n) is 11.1. The van der Waals surface area contributed by atoms with Gasteiger partial charge in [0.25, 0.3) is 0 Å². The van der Waals surface area contributed by atoms with Crippen molar-refractivity contribution < 1.29 is 14.7 Å². The number of hydrogen-bond donors (Lipinski definition) is 3. The summed E-state index contributed by atoms with van der Waals surface area (Å²) in [4.78, 5) is 22.4. The van der Waals surface area contributed by atoms with Gasteiger partial charge in [0, 0.05) is 20.0 Å². The van der Waals surface area contributed by atoms with E-state index in [9.17, 15) is 9.59 Å². The van der Waals surface area contributed by atoms with Crippen LogP contribution in [0.2, 0.25) is 0 Å². The number of carbonyl (C=O) groups excluding carboxylic acids is 1. The number of nitrogens with zero attached hydrogens (tertiary/aromatic N) is 3. The molecule has 0 fully saturated rings. The molecule has 1 aromatic rings. The average molecular weight is 269 g/mol. The van der Waals surface area contributed by atoms with Gasteiger partial charge in [-0.15, -0.1) is 10.2 Å². The van der Waals surface area contributed by atoms with Crippen LogP contribution < -0.4 is 10.6 Å². The standard InChI is InChI=1S/C11H19N5O3/c1-3-4-8(10(17)18)14-11(19)12-6-5-9-15-13-7-16(9)2/h7-8H,3-6H2,1-2H3,(H,17,18)(H2,12,14,19). The van der Waals surface area contributed by atoms with E-state index in [1.165, 1.54) is 0 Å². The molecule has 0 aliphatic carbocycles. The van der Waals surface area contributed by atoms with Crippen LogP contribution in [0.1, 0.15) is 25.6 Å². The van der Waals surface area contributed by atoms with E-state index in [-0.39, 0.29) is 0 Å². The highest BCUT2D eigenvalue weighted by molar-refractivity contribution is 5.82. The Balaban J connectivity index is 2.31. The minimum Gasteiger partial charge on any atom is -0.480 e. The van der Waals surface area contributed by atoms with Gasteiger partial charge < -0.3 is 20.3 Å². The minimum absolute atomic E-state index is 0.372. The molecule has 106 valence electrons. The van der Waals surface area contributed by atoms with E-state index in [1.807, 2.05) is 14.0 Å². The number of aryl methyl sites for hydroxylation is 1. The topological polar surface area (TPSA) is 109 Å². The van der Waals surface area contributed by atoms with Crippen LogP contribution in [-0.2, 0) is 18.3 Å². The Morgan fingerprint density at radius 3 is 2.79 bits per heavy atom. The number of hydrogen-bond acceptors (Lipinski definition) is 4. The van der Waals surface area contributed by atoms with Gasteiger partial charge in [0.2, 0.25) is 0 Å². The molecule has 1 aromatic heterocycles. The van der Waals surface area contributed by atoms with Crippen LogP contribution >= 0.6 is 0 Å². The quantitative estimate of drug-likeness (QED) is 0.641. The third-order valence-electron chi connectivity index (χ3n) is 2.62. The molecular weight excluding hydrogens is 250 g/mol. The van der Waals surface area contributed by atoms with Crippen LogP contribution in [0, 0.1) is 0 Å². The molecule has 1 atom stereocenters. The number of nitrogens with one attached hydrogen (secondary N) is 2. The largest absolute Gasteiger partial charge is 0.480 e. The van der Waals surface area contributed by atoms with Crippen molar-refractivity contribution in [3.05, 3.63) is 12.2 Å². The van der Waals surface area contributed by atoms with Crippen molar-refractivity contribution in [1.29, 1.82) is 0 Å². The Kier molecular flexibility index (Phi) is 5.77. The first-order chi connectivity index (χ1) is 9.04. The molecule has 0 bridgehead atoms. The fraction of sp³-hybridized carbons (Fsp3) is 0.636. The molecule has 0 aromatic carbocycles. The Morgan fingerprint density at radius 1 is 1.53 bits per heavy atom. The highest BCUT2D eigenvalue weighted by Crippen LogP contribution is 1.96. The molecule has 0 radical (unpaired) electrons. The normalized spacial score (nSPS) is 11.9. The van der Waals surface area contributed by atoms with Crippen LogP contribution in [0.25, 0.3) is 0 Å². The van der Waals surface area contributed by atoms with Crippen molar-refractivity contribution in [2.24, 2.45) is 7.05 Å². The molecule has 0 aliphatic heterocycles. The Morgan fingerprint density at radius 2 is 2.26 bits per heavy atom. The SMILES string of the molecule is CCCC(NC(=O)NCCc1nncn1C)C(=O)O. The van der Waals surface area contributed by atoms with Gasteiger partial charge in [0.1, 0.15) is 18.2 Å². The lowest BCUT2D eigenvalue weighted by molar-refractivity contribution is -0.139. The number of aliphatic carboxylic acids is 1. The first-order valence-corrected chi connectivity index (χ1v) is 6.14. The number of carboxylic acids is 1. The van der Waals surface area contributed by atoms with Crippen molar-refractivity contribution in [1.82, 2.24) is 25.4 Å². The second-order valence-electron chi connectivity index (χ2n) is 4.19. The van der Waals surface area contributed by atoms with E-state index in [0.29, 0.717) is 25.8 Å². The molecule has 1 unspecified atom stereocenters. The average Bonchev–Trinajstić information content (AvgIpc) is 2.74. The smallest absolute Gasteiger partial charge is 0.326 e. The molecule has 1 rings (SSSR count). The molecule has 0 spiro atoms. The van der Waals surface area contributed by atoms with E-state index in [0.717, 1.165) is 5.82 Å². The summed E-state index contributed by atoms with van der Waals surface area (Å²) in [5, 5.41) is 21.5. The lowest BCUT2D eigenvalue weighted by Gasteiger charge is -2.14. The molecule has 3 N–H and O–H groups in total. The third-order valence-corrected chi connectivity index (χ3v) is 2.62. The van der Waals surface area contributed by atoms with E-state index in [1.54, 1.807) is 10.9 Å². The summed E-state index contributed by atoms with van der Waals surface area (Å²) < 4.78 is 1.76. The highest BCUT2D eigenvalue weighted by atomic mass is 16.4. The van der Waals surface area contributed by atoms with E-state index >= 15 is 0 Å². The molecule has 0 saturated heterocycles. The van der Waals surface area contributed by atoms with Crippen molar-refractivity contribution in [2.75, 3.05) is 6.54 Å². The monoisotopic (exact) mass is 269 g/mol. The molecular formula is C11H19N5O3. The summed E-state index contributed by atoms with van der Waals surface area (Å²) in [6.07, 6.45) is 3.22. The van der Waals surface area contributed by atoms with Crippen LogP contribution in [0.5, 0.6) is 0 Å². The maximum Gasteiger partial charge on any atom is 0.326 e. The molecule has 0 aliphatic rings. The number of carbonyl (C=O) groups is 2. The molecule has 8 heteroatoms. The van der Waals surface area contributed by atoms with Crippen molar-refractivity contribution in [3.63, 3.8) is 0 Å². The zero-order valence-corrected chi connectivity index (χ0v) is 11.1. The van der Waals surface area contributed by atoms with Crippen molar-refractivity contribution >= 4 is 12.0 Å². The first-order valence-electron chi connectivity index (χ1n) is 6.14. The fourth-order valence-corrected chi connectivity index (χ4v) is 1.58. The van der Waals surface area contributed by atoms with Gasteiger partial charge >= 0.3 is 12.0 Å². The molecule has 8 nitrogen and oxygen atoms in total. The van der Waals surface area contributed by atoms with Crippen LogP contribution in [0.15, 0.2) is 6.33 Å². The lowest BCUT2D eigenvalue weighted by Crippen LogP contribution is -2.46. The predicted octanol–water partition coefficient (Wildman–Crippen LogP) is -0.0899. The maximum absolute atomic E-state index is 11.5. The number of amides is 2. The summed E-state index contributed by atoms with van der Waals surface area (Å²) >= 11 is 0. The fourth-order valence-electron chi connectivity index (χ4n) is 1.58. The molecule has 2 amide bonds. The zero-order chi connectivity index (χ0) is 14.3. The van der Waals surface area contributed by atoms with Crippen molar-refractivity contribution in [3.8, 4) is 0 Å². The van der Waals surface area contributed by atoms with Gasteiger partial charge in [0.05, 0.1) is 0 Å². The highest BCUT2D eigenvalue weighted by Gasteiger charge is 2.18. The summed E-state index contributed by atoms with van der Waals surface area (Å²) in [7, 11) is 1.82. The van der Waals surface area contributed by atoms with Gasteiger partial charge in [-0.25, -0.2) is 9.59 Å². The van der Waals surface area contributed by atoms with Gasteiger partial charge in [-0.1, -0.05) is 13.3 Å². The van der Waals surface area contributed by atoms with E-state index < -0.39 is 18.0 Å². The second-order valence-corrected chi connectivity index (χ2v) is 4.19. The summed E-state index contributed by atoms with van der Waals surface area (Å²) in [6, 6.07) is -1.33. The van der Waals surface area contributed by atoms with Gasteiger partial charge in [-0.05, 0) is 6.42 Å². The van der Waals surface area contributed by atoms with Crippen molar-refractivity contribution in [2.45, 2.75) is 32.2 Å². The van der Waals surface area contributed by atoms with Crippen LogP contribution in [0.4, 0.5) is 4.79 Å². The minimum atomic E-state index is -1.02. The summed E-state index contributed by atoms with van der Waals surface area (Å²) in [5.74, 6) is -0.269. The lowest BCUT2D eigenvalue weighted by atomic mass is 10.2. The Bertz CT molecular complexity index is 432. The molecule has 19 heavy (non-hydrogen) atoms. The summed E-state index contributed by atoms with van der Waals surface area (Å²) in [6.45, 7) is 2.24. The van der Waals surface area contributed by atoms with Gasteiger partial charge in [-0.2, -0.15) is 0 Å². The number of rotatable bonds is 7. The Labute approximate surface area is 111 Å². The number of carboxylic acid groups (broad SMARTS) is 1. The van der Waals surface area contributed by atoms with Crippen LogP contribution in [-0.4, -0.2) is 44.5 Å². The number of aromatic nitrogens is 3. The summed E-state index contributed by atoms with van der Waals surface area (Å²) in [5.41, 5.74) is 0. The van der Waals surface area contributed by atoms with E-state index in [4.69, 9.17) is 5.11 Å². The number of urea groups is 1.